The van der Waals surface area contributed by atoms with Gasteiger partial charge in [-0.15, -0.1) is 0 Å². The SMILES string of the molecule is COc1ccc(CCNc2nc(-c3ccccc3)nc3ccccc23)cc1. The largest absolute Gasteiger partial charge is 0.497 e. The molecule has 0 aliphatic heterocycles. The van der Waals surface area contributed by atoms with Crippen LogP contribution in [0.15, 0.2) is 78.9 Å². The summed E-state index contributed by atoms with van der Waals surface area (Å²) in [6.07, 6.45) is 0.906. The molecule has 0 fully saturated rings. The van der Waals surface area contributed by atoms with Crippen molar-refractivity contribution in [3.63, 3.8) is 0 Å². The summed E-state index contributed by atoms with van der Waals surface area (Å²) in [5.41, 5.74) is 3.21. The molecule has 0 radical (unpaired) electrons. The number of methoxy groups -OCH3 is 1. The zero-order valence-corrected chi connectivity index (χ0v) is 15.2. The third-order valence-corrected chi connectivity index (χ3v) is 4.50. The van der Waals surface area contributed by atoms with E-state index in [2.05, 4.69) is 23.5 Å². The van der Waals surface area contributed by atoms with E-state index >= 15 is 0 Å². The Morgan fingerprint density at radius 3 is 2.33 bits per heavy atom. The molecule has 0 bridgehead atoms. The minimum atomic E-state index is 0.737. The fourth-order valence-corrected chi connectivity index (χ4v) is 3.05. The normalized spacial score (nSPS) is 10.7. The molecule has 134 valence electrons. The monoisotopic (exact) mass is 355 g/mol. The lowest BCUT2D eigenvalue weighted by Gasteiger charge is -2.11. The van der Waals surface area contributed by atoms with Gasteiger partial charge in [0.05, 0.1) is 12.6 Å². The third-order valence-electron chi connectivity index (χ3n) is 4.50. The summed E-state index contributed by atoms with van der Waals surface area (Å²) in [7, 11) is 1.68. The van der Waals surface area contributed by atoms with Gasteiger partial charge in [-0.2, -0.15) is 0 Å². The lowest BCUT2D eigenvalue weighted by atomic mass is 10.1. The van der Waals surface area contributed by atoms with E-state index in [1.165, 1.54) is 5.56 Å². The molecule has 3 aromatic carbocycles. The zero-order chi connectivity index (χ0) is 18.5. The van der Waals surface area contributed by atoms with Gasteiger partial charge in [-0.3, -0.25) is 0 Å². The smallest absolute Gasteiger partial charge is 0.162 e. The van der Waals surface area contributed by atoms with Crippen LogP contribution >= 0.6 is 0 Å². The van der Waals surface area contributed by atoms with Crippen LogP contribution in [0.2, 0.25) is 0 Å². The van der Waals surface area contributed by atoms with Gasteiger partial charge in [0, 0.05) is 17.5 Å². The Labute approximate surface area is 158 Å². The number of hydrogen-bond acceptors (Lipinski definition) is 4. The van der Waals surface area contributed by atoms with E-state index in [1.807, 2.05) is 60.7 Å². The number of nitrogens with one attached hydrogen (secondary N) is 1. The van der Waals surface area contributed by atoms with Gasteiger partial charge in [0.1, 0.15) is 11.6 Å². The topological polar surface area (TPSA) is 47.0 Å². The van der Waals surface area contributed by atoms with Crippen LogP contribution < -0.4 is 10.1 Å². The number of benzene rings is 3. The van der Waals surface area contributed by atoms with Crippen molar-refractivity contribution in [3.8, 4) is 17.1 Å². The Hall–Kier alpha value is -3.40. The van der Waals surface area contributed by atoms with Crippen molar-refractivity contribution < 1.29 is 4.74 Å². The Morgan fingerprint density at radius 1 is 0.815 bits per heavy atom. The predicted octanol–water partition coefficient (Wildman–Crippen LogP) is 4.96. The highest BCUT2D eigenvalue weighted by atomic mass is 16.5. The molecule has 1 N–H and O–H groups in total. The number of aromatic nitrogens is 2. The fraction of sp³-hybridized carbons (Fsp3) is 0.130. The first kappa shape index (κ1) is 17.0. The summed E-state index contributed by atoms with van der Waals surface area (Å²) in [5, 5.41) is 4.53. The molecular formula is C23H21N3O. The van der Waals surface area contributed by atoms with E-state index in [0.717, 1.165) is 46.8 Å². The molecule has 1 aromatic heterocycles. The first-order chi connectivity index (χ1) is 13.3. The molecule has 4 nitrogen and oxygen atoms in total. The van der Waals surface area contributed by atoms with Gasteiger partial charge in [-0.1, -0.05) is 54.6 Å². The third kappa shape index (κ3) is 3.90. The van der Waals surface area contributed by atoms with Crippen molar-refractivity contribution in [2.45, 2.75) is 6.42 Å². The van der Waals surface area contributed by atoms with Crippen LogP contribution in [0.5, 0.6) is 5.75 Å². The number of fused-ring (bicyclic) bond motifs is 1. The van der Waals surface area contributed by atoms with E-state index in [1.54, 1.807) is 7.11 Å². The molecule has 4 heteroatoms. The summed E-state index contributed by atoms with van der Waals surface area (Å²) >= 11 is 0. The molecule has 0 aliphatic rings. The number of hydrogen-bond donors (Lipinski definition) is 1. The predicted molar refractivity (Wildman–Crippen MR) is 110 cm³/mol. The molecule has 1 heterocycles. The van der Waals surface area contributed by atoms with Crippen LogP contribution in [-0.2, 0) is 6.42 Å². The van der Waals surface area contributed by atoms with Gasteiger partial charge in [-0.05, 0) is 36.2 Å². The average molecular weight is 355 g/mol. The van der Waals surface area contributed by atoms with Crippen molar-refractivity contribution in [1.82, 2.24) is 9.97 Å². The van der Waals surface area contributed by atoms with E-state index in [-0.39, 0.29) is 0 Å². The molecule has 0 atom stereocenters. The van der Waals surface area contributed by atoms with Crippen LogP contribution in [0.3, 0.4) is 0 Å². The van der Waals surface area contributed by atoms with Crippen molar-refractivity contribution in [2.75, 3.05) is 19.0 Å². The Balaban J connectivity index is 1.58. The number of anilines is 1. The van der Waals surface area contributed by atoms with Crippen LogP contribution in [-0.4, -0.2) is 23.6 Å². The van der Waals surface area contributed by atoms with Gasteiger partial charge in [0.2, 0.25) is 0 Å². The summed E-state index contributed by atoms with van der Waals surface area (Å²) in [6, 6.07) is 26.3. The number of nitrogens with zero attached hydrogens (tertiary/aromatic N) is 2. The van der Waals surface area contributed by atoms with E-state index in [4.69, 9.17) is 14.7 Å². The van der Waals surface area contributed by atoms with Crippen LogP contribution in [0.1, 0.15) is 5.56 Å². The lowest BCUT2D eigenvalue weighted by Crippen LogP contribution is -2.08. The maximum atomic E-state index is 5.21. The van der Waals surface area contributed by atoms with Crippen molar-refractivity contribution in [2.24, 2.45) is 0 Å². The molecule has 0 saturated heterocycles. The Kier molecular flexibility index (Phi) is 4.97. The molecule has 4 rings (SSSR count). The van der Waals surface area contributed by atoms with E-state index in [9.17, 15) is 0 Å². The summed E-state index contributed by atoms with van der Waals surface area (Å²) < 4.78 is 5.21. The molecule has 27 heavy (non-hydrogen) atoms. The number of ether oxygens (including phenoxy) is 1. The van der Waals surface area contributed by atoms with Crippen LogP contribution in [0.25, 0.3) is 22.3 Å². The average Bonchev–Trinajstić information content (AvgIpc) is 2.74. The quantitative estimate of drug-likeness (QED) is 0.531. The van der Waals surface area contributed by atoms with Crippen molar-refractivity contribution >= 4 is 16.7 Å². The van der Waals surface area contributed by atoms with Crippen LogP contribution in [0.4, 0.5) is 5.82 Å². The highest BCUT2D eigenvalue weighted by Gasteiger charge is 2.08. The zero-order valence-electron chi connectivity index (χ0n) is 15.2. The molecule has 0 saturated carbocycles. The van der Waals surface area contributed by atoms with Gasteiger partial charge in [-0.25, -0.2) is 9.97 Å². The van der Waals surface area contributed by atoms with E-state index < -0.39 is 0 Å². The highest BCUT2D eigenvalue weighted by molar-refractivity contribution is 5.90. The molecule has 4 aromatic rings. The minimum absolute atomic E-state index is 0.737. The van der Waals surface area contributed by atoms with E-state index in [0.29, 0.717) is 0 Å². The van der Waals surface area contributed by atoms with Gasteiger partial charge < -0.3 is 10.1 Å². The Morgan fingerprint density at radius 2 is 1.56 bits per heavy atom. The molecular weight excluding hydrogens is 334 g/mol. The lowest BCUT2D eigenvalue weighted by molar-refractivity contribution is 0.414. The summed E-state index contributed by atoms with van der Waals surface area (Å²) in [5.74, 6) is 2.48. The maximum Gasteiger partial charge on any atom is 0.162 e. The molecule has 0 aliphatic carbocycles. The van der Waals surface area contributed by atoms with Gasteiger partial charge in [0.15, 0.2) is 5.82 Å². The molecule has 0 unspecified atom stereocenters. The second-order valence-corrected chi connectivity index (χ2v) is 6.30. The molecule has 0 amide bonds. The standard InChI is InChI=1S/C23H21N3O/c1-27-19-13-11-17(12-14-19)15-16-24-23-20-9-5-6-10-21(20)25-22(26-23)18-7-3-2-4-8-18/h2-14H,15-16H2,1H3,(H,24,25,26). The first-order valence-electron chi connectivity index (χ1n) is 9.02. The van der Waals surface area contributed by atoms with Gasteiger partial charge >= 0.3 is 0 Å². The van der Waals surface area contributed by atoms with Crippen molar-refractivity contribution in [1.29, 1.82) is 0 Å². The molecule has 0 spiro atoms. The number of para-hydroxylation sites is 1. The Bertz CT molecular complexity index is 1030. The summed E-state index contributed by atoms with van der Waals surface area (Å²) in [6.45, 7) is 0.793. The number of rotatable bonds is 6. The highest BCUT2D eigenvalue weighted by Crippen LogP contribution is 2.24. The van der Waals surface area contributed by atoms with Crippen molar-refractivity contribution in [3.05, 3.63) is 84.4 Å². The second kappa shape index (κ2) is 7.87. The minimum Gasteiger partial charge on any atom is -0.497 e. The summed E-state index contributed by atoms with van der Waals surface area (Å²) in [4.78, 5) is 9.51. The van der Waals surface area contributed by atoms with Crippen LogP contribution in [0, 0.1) is 0 Å². The fourth-order valence-electron chi connectivity index (χ4n) is 3.05. The maximum absolute atomic E-state index is 5.21. The second-order valence-electron chi connectivity index (χ2n) is 6.30. The first-order valence-corrected chi connectivity index (χ1v) is 9.02. The van der Waals surface area contributed by atoms with Gasteiger partial charge in [0.25, 0.3) is 0 Å².